The molecule has 2 aromatic carbocycles. The monoisotopic (exact) mass is 388 g/mol. The maximum Gasteiger partial charge on any atom is 0.272 e. The zero-order valence-electron chi connectivity index (χ0n) is 15.3. The summed E-state index contributed by atoms with van der Waals surface area (Å²) < 4.78 is 27.7. The van der Waals surface area contributed by atoms with Crippen molar-refractivity contribution in [3.63, 3.8) is 0 Å². The van der Waals surface area contributed by atoms with Gasteiger partial charge < -0.3 is 9.88 Å². The van der Waals surface area contributed by atoms with Gasteiger partial charge in [-0.1, -0.05) is 5.92 Å². The zero-order valence-corrected chi connectivity index (χ0v) is 15.3. The Labute approximate surface area is 165 Å². The highest BCUT2D eigenvalue weighted by atomic mass is 19.1. The van der Waals surface area contributed by atoms with Crippen LogP contribution in [0, 0.1) is 23.5 Å². The van der Waals surface area contributed by atoms with Gasteiger partial charge in [0.1, 0.15) is 35.0 Å². The molecule has 142 valence electrons. The van der Waals surface area contributed by atoms with Gasteiger partial charge in [-0.15, -0.1) is 0 Å². The summed E-state index contributed by atoms with van der Waals surface area (Å²) in [6.07, 6.45) is 1.37. The molecule has 0 unspecified atom stereocenters. The summed E-state index contributed by atoms with van der Waals surface area (Å²) in [6.45, 7) is 0. The lowest BCUT2D eigenvalue weighted by Gasteiger charge is -2.06. The molecule has 0 bridgehead atoms. The third-order valence-electron chi connectivity index (χ3n) is 4.33. The SMILES string of the molecule is Cn1c(C(=O)Nc2ccc(F)cc2)cc2c(C#Cc3ccc(F)cc3)ncnc21. The van der Waals surface area contributed by atoms with Gasteiger partial charge >= 0.3 is 0 Å². The van der Waals surface area contributed by atoms with Crippen molar-refractivity contribution in [3.8, 4) is 11.8 Å². The van der Waals surface area contributed by atoms with E-state index in [-0.39, 0.29) is 17.5 Å². The quantitative estimate of drug-likeness (QED) is 0.530. The molecule has 0 atom stereocenters. The summed E-state index contributed by atoms with van der Waals surface area (Å²) in [4.78, 5) is 21.1. The van der Waals surface area contributed by atoms with E-state index in [1.54, 1.807) is 29.8 Å². The second-order valence-corrected chi connectivity index (χ2v) is 6.27. The normalized spacial score (nSPS) is 10.4. The Bertz CT molecular complexity index is 1270. The number of amides is 1. The number of hydrogen-bond acceptors (Lipinski definition) is 3. The number of nitrogens with zero attached hydrogens (tertiary/aromatic N) is 3. The number of nitrogens with one attached hydrogen (secondary N) is 1. The van der Waals surface area contributed by atoms with Gasteiger partial charge in [0.15, 0.2) is 0 Å². The van der Waals surface area contributed by atoms with E-state index >= 15 is 0 Å². The number of anilines is 1. The van der Waals surface area contributed by atoms with E-state index in [0.717, 1.165) is 0 Å². The molecule has 29 heavy (non-hydrogen) atoms. The first kappa shape index (κ1) is 18.3. The number of carbonyl (C=O) groups excluding carboxylic acids is 1. The highest BCUT2D eigenvalue weighted by Crippen LogP contribution is 2.20. The van der Waals surface area contributed by atoms with Gasteiger partial charge in [-0.2, -0.15) is 0 Å². The topological polar surface area (TPSA) is 59.8 Å². The fourth-order valence-electron chi connectivity index (χ4n) is 2.84. The third kappa shape index (κ3) is 3.82. The number of hydrogen-bond donors (Lipinski definition) is 1. The Kier molecular flexibility index (Phi) is 4.75. The average Bonchev–Trinajstić information content (AvgIpc) is 3.07. The van der Waals surface area contributed by atoms with Crippen molar-refractivity contribution in [2.75, 3.05) is 5.32 Å². The number of rotatable bonds is 2. The van der Waals surface area contributed by atoms with Crippen LogP contribution in [0.4, 0.5) is 14.5 Å². The van der Waals surface area contributed by atoms with Crippen molar-refractivity contribution < 1.29 is 13.6 Å². The van der Waals surface area contributed by atoms with Gasteiger partial charge in [0.25, 0.3) is 5.91 Å². The Balaban J connectivity index is 1.68. The molecular formula is C22H14F2N4O. The highest BCUT2D eigenvalue weighted by molar-refractivity contribution is 6.06. The minimum Gasteiger partial charge on any atom is -0.324 e. The van der Waals surface area contributed by atoms with Crippen LogP contribution in [0.2, 0.25) is 0 Å². The summed E-state index contributed by atoms with van der Waals surface area (Å²) in [6, 6.07) is 13.0. The Hall–Kier alpha value is -4.05. The first-order valence-corrected chi connectivity index (χ1v) is 8.66. The Morgan fingerprint density at radius 2 is 1.62 bits per heavy atom. The average molecular weight is 388 g/mol. The molecule has 0 saturated heterocycles. The summed E-state index contributed by atoms with van der Waals surface area (Å²) in [5.74, 6) is 4.80. The van der Waals surface area contributed by atoms with Crippen LogP contribution in [0.25, 0.3) is 11.0 Å². The molecule has 7 heteroatoms. The second kappa shape index (κ2) is 7.52. The zero-order chi connectivity index (χ0) is 20.4. The minimum absolute atomic E-state index is 0.333. The first-order valence-electron chi connectivity index (χ1n) is 8.66. The number of aromatic nitrogens is 3. The number of carbonyl (C=O) groups is 1. The van der Waals surface area contributed by atoms with Crippen LogP contribution in [-0.4, -0.2) is 20.4 Å². The van der Waals surface area contributed by atoms with Crippen LogP contribution in [-0.2, 0) is 7.05 Å². The minimum atomic E-state index is -0.382. The molecule has 4 rings (SSSR count). The lowest BCUT2D eigenvalue weighted by molar-refractivity contribution is 0.101. The van der Waals surface area contributed by atoms with Crippen LogP contribution in [0.15, 0.2) is 60.9 Å². The smallest absolute Gasteiger partial charge is 0.272 e. The molecule has 1 amide bonds. The second-order valence-electron chi connectivity index (χ2n) is 6.27. The maximum atomic E-state index is 13.0. The van der Waals surface area contributed by atoms with E-state index in [9.17, 15) is 13.6 Å². The van der Waals surface area contributed by atoms with Gasteiger partial charge in [0.05, 0.1) is 5.39 Å². The van der Waals surface area contributed by atoms with E-state index in [1.165, 1.54) is 42.7 Å². The van der Waals surface area contributed by atoms with Crippen LogP contribution >= 0.6 is 0 Å². The lowest BCUT2D eigenvalue weighted by Crippen LogP contribution is -2.15. The van der Waals surface area contributed by atoms with E-state index in [1.807, 2.05) is 0 Å². The van der Waals surface area contributed by atoms with Crippen molar-refractivity contribution >= 4 is 22.6 Å². The van der Waals surface area contributed by atoms with E-state index < -0.39 is 0 Å². The lowest BCUT2D eigenvalue weighted by atomic mass is 10.2. The number of halogens is 2. The van der Waals surface area contributed by atoms with Gasteiger partial charge in [-0.05, 0) is 60.5 Å². The van der Waals surface area contributed by atoms with Crippen molar-refractivity contribution in [2.24, 2.45) is 7.05 Å². The predicted octanol–water partition coefficient (Wildman–Crippen LogP) is 3.90. The molecule has 1 N–H and O–H groups in total. The first-order chi connectivity index (χ1) is 14.0. The Morgan fingerprint density at radius 3 is 2.31 bits per heavy atom. The van der Waals surface area contributed by atoms with Crippen LogP contribution < -0.4 is 5.32 Å². The molecule has 4 aromatic rings. The van der Waals surface area contributed by atoms with Crippen molar-refractivity contribution in [3.05, 3.63) is 89.5 Å². The van der Waals surface area contributed by atoms with E-state index in [2.05, 4.69) is 27.1 Å². The largest absolute Gasteiger partial charge is 0.324 e. The van der Waals surface area contributed by atoms with E-state index in [0.29, 0.717) is 33.7 Å². The van der Waals surface area contributed by atoms with Crippen molar-refractivity contribution in [1.29, 1.82) is 0 Å². The van der Waals surface area contributed by atoms with Gasteiger partial charge in [0.2, 0.25) is 0 Å². The summed E-state index contributed by atoms with van der Waals surface area (Å²) in [5.41, 5.74) is 2.48. The number of benzene rings is 2. The fraction of sp³-hybridized carbons (Fsp3) is 0.0455. The summed E-state index contributed by atoms with van der Waals surface area (Å²) in [5, 5.41) is 3.34. The molecule has 5 nitrogen and oxygen atoms in total. The van der Waals surface area contributed by atoms with Gasteiger partial charge in [-0.3, -0.25) is 4.79 Å². The van der Waals surface area contributed by atoms with Crippen LogP contribution in [0.5, 0.6) is 0 Å². The molecule has 0 spiro atoms. The van der Waals surface area contributed by atoms with Crippen molar-refractivity contribution in [2.45, 2.75) is 0 Å². The predicted molar refractivity (Wildman–Crippen MR) is 105 cm³/mol. The fourth-order valence-corrected chi connectivity index (χ4v) is 2.84. The molecule has 0 saturated carbocycles. The summed E-state index contributed by atoms with van der Waals surface area (Å²) >= 11 is 0. The van der Waals surface area contributed by atoms with Crippen molar-refractivity contribution in [1.82, 2.24) is 14.5 Å². The summed E-state index contributed by atoms with van der Waals surface area (Å²) in [7, 11) is 1.71. The van der Waals surface area contributed by atoms with Crippen LogP contribution in [0.1, 0.15) is 21.7 Å². The molecule has 2 aromatic heterocycles. The molecule has 0 aliphatic heterocycles. The number of fused-ring (bicyclic) bond motifs is 1. The Morgan fingerprint density at radius 1 is 0.966 bits per heavy atom. The molecular weight excluding hydrogens is 374 g/mol. The molecule has 0 aliphatic carbocycles. The van der Waals surface area contributed by atoms with Crippen LogP contribution in [0.3, 0.4) is 0 Å². The maximum absolute atomic E-state index is 13.0. The number of aryl methyl sites for hydroxylation is 1. The standard InChI is InChI=1S/C22H14F2N4O/c1-28-20(22(29)27-17-9-7-16(24)8-10-17)12-18-19(25-13-26-21(18)28)11-4-14-2-5-15(23)6-3-14/h2-3,5-10,12-13H,1H3,(H,27,29). The molecule has 0 radical (unpaired) electrons. The van der Waals surface area contributed by atoms with E-state index in [4.69, 9.17) is 0 Å². The van der Waals surface area contributed by atoms with Gasteiger partial charge in [0, 0.05) is 18.3 Å². The molecule has 0 fully saturated rings. The van der Waals surface area contributed by atoms with Gasteiger partial charge in [-0.25, -0.2) is 18.7 Å². The third-order valence-corrected chi connectivity index (χ3v) is 4.33. The highest BCUT2D eigenvalue weighted by Gasteiger charge is 2.16. The molecule has 2 heterocycles. The molecule has 0 aliphatic rings.